The molecule has 0 spiro atoms. The quantitative estimate of drug-likeness (QED) is 0.739. The van der Waals surface area contributed by atoms with E-state index < -0.39 is 0 Å². The van der Waals surface area contributed by atoms with Gasteiger partial charge in [-0.2, -0.15) is 0 Å². The van der Waals surface area contributed by atoms with Gasteiger partial charge in [0.1, 0.15) is 11.5 Å². The third kappa shape index (κ3) is 1.54. The molecule has 3 nitrogen and oxygen atoms in total. The fraction of sp³-hybridized carbons (Fsp3) is 0.312. The molecule has 0 aliphatic heterocycles. The number of fused-ring (bicyclic) bond motifs is 3. The minimum atomic E-state index is 0.798. The van der Waals surface area contributed by atoms with E-state index in [0.29, 0.717) is 0 Å². The Kier molecular flexibility index (Phi) is 2.45. The lowest BCUT2D eigenvalue weighted by atomic mass is 10.0. The van der Waals surface area contributed by atoms with Gasteiger partial charge in [-0.05, 0) is 38.7 Å². The van der Waals surface area contributed by atoms with Gasteiger partial charge in [-0.1, -0.05) is 23.8 Å². The zero-order valence-corrected chi connectivity index (χ0v) is 12.5. The predicted molar refractivity (Wildman–Crippen MR) is 84.4 cm³/mol. The van der Waals surface area contributed by atoms with Gasteiger partial charge in [-0.3, -0.25) is 4.40 Å². The molecule has 0 unspecified atom stereocenters. The number of nitrogens with two attached hydrogens (primary N) is 1. The molecule has 1 aromatic carbocycles. The van der Waals surface area contributed by atoms with Crippen molar-refractivity contribution in [3.05, 3.63) is 39.9 Å². The van der Waals surface area contributed by atoms with Crippen LogP contribution in [0.1, 0.15) is 28.1 Å². The molecule has 2 aromatic heterocycles. The number of anilines is 1. The van der Waals surface area contributed by atoms with Gasteiger partial charge in [-0.25, -0.2) is 4.98 Å². The highest BCUT2D eigenvalue weighted by molar-refractivity contribution is 7.17. The summed E-state index contributed by atoms with van der Waals surface area (Å²) < 4.78 is 2.17. The molecular formula is C16H17N3S. The topological polar surface area (TPSA) is 43.3 Å². The number of aryl methyl sites for hydroxylation is 4. The molecule has 2 heterocycles. The molecule has 0 atom stereocenters. The molecule has 4 rings (SSSR count). The van der Waals surface area contributed by atoms with Crippen molar-refractivity contribution in [2.24, 2.45) is 0 Å². The fourth-order valence-corrected chi connectivity index (χ4v) is 4.39. The number of nitrogens with zero attached hydrogens (tertiary/aromatic N) is 2. The molecule has 3 aromatic rings. The number of nitrogen functional groups attached to an aromatic ring is 1. The standard InChI is InChI=1S/C16H17N3S/c1-9-6-7-11(10(2)8-9)14-15(17)19-12-4-3-5-13(12)20-16(19)18-14/h6-8H,3-5,17H2,1-2H3. The lowest BCUT2D eigenvalue weighted by molar-refractivity contribution is 0.890. The second-order valence-electron chi connectivity index (χ2n) is 5.61. The second kappa shape index (κ2) is 4.09. The highest BCUT2D eigenvalue weighted by Gasteiger charge is 2.23. The summed E-state index contributed by atoms with van der Waals surface area (Å²) in [5.41, 5.74) is 12.4. The van der Waals surface area contributed by atoms with E-state index in [1.54, 1.807) is 11.3 Å². The molecule has 20 heavy (non-hydrogen) atoms. The Morgan fingerprint density at radius 2 is 2.10 bits per heavy atom. The van der Waals surface area contributed by atoms with Crippen LogP contribution in [0.5, 0.6) is 0 Å². The highest BCUT2D eigenvalue weighted by Crippen LogP contribution is 2.37. The fourth-order valence-electron chi connectivity index (χ4n) is 3.18. The zero-order chi connectivity index (χ0) is 13.9. The average Bonchev–Trinajstić information content (AvgIpc) is 3.02. The molecule has 1 aliphatic rings. The minimum absolute atomic E-state index is 0.798. The number of thiazole rings is 1. The third-order valence-corrected chi connectivity index (χ3v) is 5.29. The molecule has 0 saturated carbocycles. The Hall–Kier alpha value is -1.81. The van der Waals surface area contributed by atoms with Crippen molar-refractivity contribution in [3.8, 4) is 11.3 Å². The molecule has 102 valence electrons. The summed E-state index contributed by atoms with van der Waals surface area (Å²) in [4.78, 5) is 7.30. The summed E-state index contributed by atoms with van der Waals surface area (Å²) in [6.07, 6.45) is 3.55. The number of imidazole rings is 1. The van der Waals surface area contributed by atoms with Gasteiger partial charge < -0.3 is 5.73 Å². The first-order chi connectivity index (χ1) is 9.65. The number of benzene rings is 1. The molecule has 0 radical (unpaired) electrons. The van der Waals surface area contributed by atoms with Crippen LogP contribution in [0.2, 0.25) is 0 Å². The maximum absolute atomic E-state index is 6.40. The van der Waals surface area contributed by atoms with Gasteiger partial charge in [0, 0.05) is 16.1 Å². The Bertz CT molecular complexity index is 826. The largest absolute Gasteiger partial charge is 0.383 e. The number of rotatable bonds is 1. The highest BCUT2D eigenvalue weighted by atomic mass is 32.1. The van der Waals surface area contributed by atoms with E-state index >= 15 is 0 Å². The van der Waals surface area contributed by atoms with Crippen LogP contribution in [-0.2, 0) is 12.8 Å². The summed E-state index contributed by atoms with van der Waals surface area (Å²) >= 11 is 1.80. The lowest BCUT2D eigenvalue weighted by Gasteiger charge is -2.05. The first-order valence-corrected chi connectivity index (χ1v) is 7.83. The van der Waals surface area contributed by atoms with Gasteiger partial charge >= 0.3 is 0 Å². The Labute approximate surface area is 122 Å². The van der Waals surface area contributed by atoms with Gasteiger partial charge in [0.05, 0.1) is 0 Å². The van der Waals surface area contributed by atoms with E-state index in [0.717, 1.165) is 28.5 Å². The van der Waals surface area contributed by atoms with Crippen LogP contribution in [0.15, 0.2) is 18.2 Å². The minimum Gasteiger partial charge on any atom is -0.383 e. The molecule has 0 saturated heterocycles. The first-order valence-electron chi connectivity index (χ1n) is 7.01. The van der Waals surface area contributed by atoms with Crippen molar-refractivity contribution in [1.82, 2.24) is 9.38 Å². The van der Waals surface area contributed by atoms with E-state index in [9.17, 15) is 0 Å². The van der Waals surface area contributed by atoms with E-state index in [4.69, 9.17) is 10.7 Å². The molecule has 2 N–H and O–H groups in total. The summed E-state index contributed by atoms with van der Waals surface area (Å²) in [6.45, 7) is 4.23. The molecule has 1 aliphatic carbocycles. The van der Waals surface area contributed by atoms with Crippen molar-refractivity contribution < 1.29 is 0 Å². The van der Waals surface area contributed by atoms with E-state index in [1.165, 1.54) is 34.5 Å². The Balaban J connectivity index is 1.97. The number of aromatic nitrogens is 2. The summed E-state index contributed by atoms with van der Waals surface area (Å²) in [7, 11) is 0. The number of hydrogen-bond donors (Lipinski definition) is 1. The van der Waals surface area contributed by atoms with Crippen LogP contribution < -0.4 is 5.73 Å². The monoisotopic (exact) mass is 283 g/mol. The summed E-state index contributed by atoms with van der Waals surface area (Å²) in [5, 5.41) is 0. The Morgan fingerprint density at radius 3 is 2.90 bits per heavy atom. The summed E-state index contributed by atoms with van der Waals surface area (Å²) in [6, 6.07) is 6.44. The normalized spacial score (nSPS) is 14.1. The van der Waals surface area contributed by atoms with Crippen molar-refractivity contribution >= 4 is 22.1 Å². The first kappa shape index (κ1) is 12.0. The smallest absolute Gasteiger partial charge is 0.196 e. The number of hydrogen-bond acceptors (Lipinski definition) is 3. The van der Waals surface area contributed by atoms with Crippen LogP contribution in [-0.4, -0.2) is 9.38 Å². The van der Waals surface area contributed by atoms with Crippen LogP contribution >= 0.6 is 11.3 Å². The van der Waals surface area contributed by atoms with Gasteiger partial charge in [0.2, 0.25) is 0 Å². The van der Waals surface area contributed by atoms with E-state index in [-0.39, 0.29) is 0 Å². The van der Waals surface area contributed by atoms with Crippen LogP contribution in [0.25, 0.3) is 16.2 Å². The molecule has 0 fully saturated rings. The van der Waals surface area contributed by atoms with Crippen LogP contribution in [0.3, 0.4) is 0 Å². The average molecular weight is 283 g/mol. The van der Waals surface area contributed by atoms with Gasteiger partial charge in [0.15, 0.2) is 4.96 Å². The van der Waals surface area contributed by atoms with E-state index in [2.05, 4.69) is 36.4 Å². The van der Waals surface area contributed by atoms with Crippen LogP contribution in [0.4, 0.5) is 5.82 Å². The maximum Gasteiger partial charge on any atom is 0.196 e. The predicted octanol–water partition coefficient (Wildman–Crippen LogP) is 3.75. The van der Waals surface area contributed by atoms with Crippen molar-refractivity contribution in [2.75, 3.05) is 5.73 Å². The molecule has 0 bridgehead atoms. The van der Waals surface area contributed by atoms with Crippen LogP contribution in [0, 0.1) is 13.8 Å². The Morgan fingerprint density at radius 1 is 1.25 bits per heavy atom. The molecular weight excluding hydrogens is 266 g/mol. The SMILES string of the molecule is Cc1ccc(-c2nc3sc4c(n3c2N)CCC4)c(C)c1. The van der Waals surface area contributed by atoms with Gasteiger partial charge in [0.25, 0.3) is 0 Å². The van der Waals surface area contributed by atoms with E-state index in [1.807, 2.05) is 0 Å². The lowest BCUT2D eigenvalue weighted by Crippen LogP contribution is -1.97. The third-order valence-electron chi connectivity index (χ3n) is 4.14. The van der Waals surface area contributed by atoms with Crippen molar-refractivity contribution in [3.63, 3.8) is 0 Å². The van der Waals surface area contributed by atoms with Crippen molar-refractivity contribution in [2.45, 2.75) is 33.1 Å². The maximum atomic E-state index is 6.40. The molecule has 4 heteroatoms. The summed E-state index contributed by atoms with van der Waals surface area (Å²) in [5.74, 6) is 0.798. The molecule has 0 amide bonds. The second-order valence-corrected chi connectivity index (χ2v) is 6.67. The van der Waals surface area contributed by atoms with Gasteiger partial charge in [-0.15, -0.1) is 11.3 Å². The zero-order valence-electron chi connectivity index (χ0n) is 11.7. The van der Waals surface area contributed by atoms with Crippen molar-refractivity contribution in [1.29, 1.82) is 0 Å².